The summed E-state index contributed by atoms with van der Waals surface area (Å²) in [7, 11) is 0. The first-order valence-electron chi connectivity index (χ1n) is 6.08. The van der Waals surface area contributed by atoms with E-state index in [2.05, 4.69) is 18.7 Å². The van der Waals surface area contributed by atoms with E-state index in [-0.39, 0.29) is 24.0 Å². The van der Waals surface area contributed by atoms with Gasteiger partial charge in [-0.1, -0.05) is 19.8 Å². The van der Waals surface area contributed by atoms with Crippen LogP contribution in [0.25, 0.3) is 0 Å². The normalized spacial score (nSPS) is 38.6. The van der Waals surface area contributed by atoms with Gasteiger partial charge in [-0.2, -0.15) is 0 Å². The molecule has 1 saturated heterocycles. The minimum atomic E-state index is 0. The largest absolute Gasteiger partial charge is 0.298 e. The van der Waals surface area contributed by atoms with E-state index in [1.165, 1.54) is 45.1 Å². The zero-order chi connectivity index (χ0) is 9.26. The maximum absolute atomic E-state index is 2.76. The molecule has 84 valence electrons. The molecule has 0 aromatic heterocycles. The average molecular weight is 309 g/mol. The summed E-state index contributed by atoms with van der Waals surface area (Å²) in [6.45, 7) is 6.00. The topological polar surface area (TPSA) is 3.24 Å². The third-order valence-corrected chi connectivity index (χ3v) is 4.18. The van der Waals surface area contributed by atoms with Gasteiger partial charge < -0.3 is 0 Å². The van der Waals surface area contributed by atoms with Crippen LogP contribution in [0.1, 0.15) is 52.4 Å². The van der Waals surface area contributed by atoms with Gasteiger partial charge in [0, 0.05) is 12.1 Å². The molecule has 0 amide bonds. The smallest absolute Gasteiger partial charge is 0.0126 e. The maximum Gasteiger partial charge on any atom is 0.0126 e. The van der Waals surface area contributed by atoms with Gasteiger partial charge in [-0.3, -0.25) is 4.90 Å². The molecule has 3 unspecified atom stereocenters. The minimum absolute atomic E-state index is 0. The van der Waals surface area contributed by atoms with E-state index in [1.54, 1.807) is 0 Å². The van der Waals surface area contributed by atoms with E-state index >= 15 is 0 Å². The van der Waals surface area contributed by atoms with Gasteiger partial charge in [0.2, 0.25) is 0 Å². The molecule has 2 rings (SSSR count). The lowest BCUT2D eigenvalue weighted by molar-refractivity contribution is 0.0266. The molecule has 0 bridgehead atoms. The van der Waals surface area contributed by atoms with E-state index in [0.29, 0.717) is 0 Å². The monoisotopic (exact) mass is 309 g/mol. The number of hydrogen-bond acceptors (Lipinski definition) is 1. The molecular weight excluding hydrogens is 285 g/mol. The van der Waals surface area contributed by atoms with Crippen LogP contribution in [0.5, 0.6) is 0 Å². The Hall–Kier alpha value is 0.690. The molecular formula is C12H24IN. The number of nitrogens with zero attached hydrogens (tertiary/aromatic N) is 1. The van der Waals surface area contributed by atoms with Crippen LogP contribution in [0.4, 0.5) is 0 Å². The van der Waals surface area contributed by atoms with Crippen LogP contribution in [0, 0.1) is 5.92 Å². The van der Waals surface area contributed by atoms with Crippen molar-refractivity contribution < 1.29 is 0 Å². The Balaban J connectivity index is 0.000000980. The zero-order valence-electron chi connectivity index (χ0n) is 9.54. The molecule has 3 atom stereocenters. The van der Waals surface area contributed by atoms with Crippen LogP contribution in [0.3, 0.4) is 0 Å². The summed E-state index contributed by atoms with van der Waals surface area (Å²) < 4.78 is 0. The third kappa shape index (κ3) is 2.43. The molecule has 0 spiro atoms. The lowest BCUT2D eigenvalue weighted by Crippen LogP contribution is -2.50. The fourth-order valence-corrected chi connectivity index (χ4v) is 3.46. The third-order valence-electron chi connectivity index (χ3n) is 4.18. The summed E-state index contributed by atoms with van der Waals surface area (Å²) in [5.74, 6) is 1.05. The number of halogens is 1. The number of fused-ring (bicyclic) bond motifs is 1. The molecule has 0 aromatic rings. The molecule has 1 aliphatic heterocycles. The highest BCUT2D eigenvalue weighted by molar-refractivity contribution is 14.0. The van der Waals surface area contributed by atoms with Gasteiger partial charge in [0.15, 0.2) is 0 Å². The summed E-state index contributed by atoms with van der Waals surface area (Å²) in [6.07, 6.45) is 8.89. The quantitative estimate of drug-likeness (QED) is 0.668. The Bertz CT molecular complexity index is 172. The van der Waals surface area contributed by atoms with Crippen LogP contribution < -0.4 is 0 Å². The number of hydrogen-bond donors (Lipinski definition) is 0. The molecule has 0 N–H and O–H groups in total. The van der Waals surface area contributed by atoms with Gasteiger partial charge in [-0.25, -0.2) is 0 Å². The van der Waals surface area contributed by atoms with Crippen molar-refractivity contribution in [2.45, 2.75) is 64.5 Å². The highest BCUT2D eigenvalue weighted by Crippen LogP contribution is 2.37. The summed E-state index contributed by atoms with van der Waals surface area (Å²) in [5, 5.41) is 0. The molecule has 0 radical (unpaired) electrons. The van der Waals surface area contributed by atoms with Crippen molar-refractivity contribution in [2.75, 3.05) is 6.54 Å². The van der Waals surface area contributed by atoms with Gasteiger partial charge in [-0.05, 0) is 45.1 Å². The predicted molar refractivity (Wildman–Crippen MR) is 72.2 cm³/mol. The first-order valence-corrected chi connectivity index (χ1v) is 6.08. The molecule has 2 heteroatoms. The Morgan fingerprint density at radius 2 is 1.79 bits per heavy atom. The Labute approximate surface area is 106 Å². The summed E-state index contributed by atoms with van der Waals surface area (Å²) in [4.78, 5) is 2.76. The molecule has 2 fully saturated rings. The van der Waals surface area contributed by atoms with E-state index in [0.717, 1.165) is 18.0 Å². The molecule has 14 heavy (non-hydrogen) atoms. The predicted octanol–water partition coefficient (Wildman–Crippen LogP) is 3.67. The first kappa shape index (κ1) is 12.8. The number of likely N-dealkylation sites (tertiary alicyclic amines) is 1. The van der Waals surface area contributed by atoms with Crippen molar-refractivity contribution >= 4 is 24.0 Å². The van der Waals surface area contributed by atoms with Crippen molar-refractivity contribution in [1.29, 1.82) is 0 Å². The van der Waals surface area contributed by atoms with Crippen molar-refractivity contribution in [1.82, 2.24) is 4.90 Å². The first-order chi connectivity index (χ1) is 6.33. The van der Waals surface area contributed by atoms with Crippen LogP contribution in [0.2, 0.25) is 0 Å². The Morgan fingerprint density at radius 3 is 2.50 bits per heavy atom. The fourth-order valence-electron chi connectivity index (χ4n) is 3.46. The van der Waals surface area contributed by atoms with Crippen LogP contribution in [0.15, 0.2) is 0 Å². The molecule has 0 aromatic carbocycles. The summed E-state index contributed by atoms with van der Waals surface area (Å²) in [5.41, 5.74) is 0. The summed E-state index contributed by atoms with van der Waals surface area (Å²) in [6, 6.07) is 1.80. The molecule has 1 nitrogen and oxygen atoms in total. The van der Waals surface area contributed by atoms with Crippen molar-refractivity contribution in [3.8, 4) is 0 Å². The lowest BCUT2D eigenvalue weighted by atomic mass is 9.76. The highest BCUT2D eigenvalue weighted by atomic mass is 127. The fraction of sp³-hybridized carbons (Fsp3) is 1.00. The van der Waals surface area contributed by atoms with E-state index in [4.69, 9.17) is 0 Å². The second kappa shape index (κ2) is 5.69. The second-order valence-corrected chi connectivity index (χ2v) is 4.87. The summed E-state index contributed by atoms with van der Waals surface area (Å²) >= 11 is 0. The van der Waals surface area contributed by atoms with Gasteiger partial charge >= 0.3 is 0 Å². The van der Waals surface area contributed by atoms with E-state index in [9.17, 15) is 0 Å². The van der Waals surface area contributed by atoms with Crippen molar-refractivity contribution in [3.63, 3.8) is 0 Å². The zero-order valence-corrected chi connectivity index (χ0v) is 11.9. The second-order valence-electron chi connectivity index (χ2n) is 4.87. The van der Waals surface area contributed by atoms with Crippen molar-refractivity contribution in [3.05, 3.63) is 0 Å². The average Bonchev–Trinajstić information content (AvgIpc) is 2.18. The van der Waals surface area contributed by atoms with Gasteiger partial charge in [0.05, 0.1) is 0 Å². The van der Waals surface area contributed by atoms with Crippen LogP contribution in [-0.2, 0) is 0 Å². The maximum atomic E-state index is 2.76. The molecule has 1 aliphatic carbocycles. The molecule has 1 heterocycles. The minimum Gasteiger partial charge on any atom is -0.298 e. The van der Waals surface area contributed by atoms with E-state index in [1.807, 2.05) is 0 Å². The van der Waals surface area contributed by atoms with Gasteiger partial charge in [-0.15, -0.1) is 24.0 Å². The lowest BCUT2D eigenvalue weighted by Gasteiger charge is -2.47. The van der Waals surface area contributed by atoms with Crippen LogP contribution in [-0.4, -0.2) is 23.5 Å². The van der Waals surface area contributed by atoms with E-state index < -0.39 is 0 Å². The van der Waals surface area contributed by atoms with Crippen molar-refractivity contribution in [2.24, 2.45) is 5.92 Å². The Kier molecular flexibility index (Phi) is 5.18. The van der Waals surface area contributed by atoms with Gasteiger partial charge in [0.25, 0.3) is 0 Å². The molecule has 2 aliphatic rings. The SMILES string of the molecule is CCN1C(C)CCC2CCCCC21.I. The highest BCUT2D eigenvalue weighted by Gasteiger charge is 2.35. The molecule has 1 saturated carbocycles. The standard InChI is InChI=1S/C12H23N.HI/c1-3-13-10(2)8-9-11-6-4-5-7-12(11)13;/h10-12H,3-9H2,1-2H3;1H. The van der Waals surface area contributed by atoms with Crippen LogP contribution >= 0.6 is 24.0 Å². The number of rotatable bonds is 1. The van der Waals surface area contributed by atoms with Gasteiger partial charge in [0.1, 0.15) is 0 Å². The number of piperidine rings is 1. The Morgan fingerprint density at radius 1 is 1.07 bits per heavy atom.